The van der Waals surface area contributed by atoms with Crippen molar-refractivity contribution in [2.75, 3.05) is 33.0 Å². The summed E-state index contributed by atoms with van der Waals surface area (Å²) in [6.07, 6.45) is 26.8. The van der Waals surface area contributed by atoms with Crippen LogP contribution in [0, 0.1) is 0 Å². The highest BCUT2D eigenvalue weighted by atomic mass is 28.4. The Morgan fingerprint density at radius 2 is 0.958 bits per heavy atom. The molecule has 0 aliphatic heterocycles. The van der Waals surface area contributed by atoms with Crippen molar-refractivity contribution in [2.45, 2.75) is 154 Å². The lowest BCUT2D eigenvalue weighted by Crippen LogP contribution is -2.66. The van der Waals surface area contributed by atoms with Gasteiger partial charge in [0.2, 0.25) is 0 Å². The van der Waals surface area contributed by atoms with Crippen molar-refractivity contribution in [3.63, 3.8) is 0 Å². The Morgan fingerprint density at radius 1 is 0.562 bits per heavy atom. The second-order valence-electron chi connectivity index (χ2n) is 14.7. The zero-order chi connectivity index (χ0) is 34.6. The molecule has 1 N–H and O–H groups in total. The highest BCUT2D eigenvalue weighted by Gasteiger charge is 2.49. The SMILES string of the molecule is CCCCCCCCC=CCCCCCCCCOCC(O)COCCCCCCO[Si](c1ccccc1)(c1ccccc1)C(C)(C)C. The summed E-state index contributed by atoms with van der Waals surface area (Å²) in [6, 6.07) is 21.7. The first-order chi connectivity index (χ1) is 23.4. The molecule has 0 aliphatic rings. The Balaban J connectivity index is 1.44. The standard InChI is InChI=1S/C43H72O4Si/c1-5-6-7-8-9-10-11-12-13-14-15-16-17-18-19-28-35-45-38-40(44)39-46-36-29-20-21-30-37-47-48(43(2,3)4,41-31-24-22-25-32-41)42-33-26-23-27-34-42/h12-13,22-27,31-34,40,44H,5-11,14-21,28-30,35-39H2,1-4H3. The van der Waals surface area contributed by atoms with Crippen molar-refractivity contribution in [3.8, 4) is 0 Å². The molecule has 0 spiro atoms. The van der Waals surface area contributed by atoms with Crippen LogP contribution in [-0.4, -0.2) is 52.6 Å². The van der Waals surface area contributed by atoms with Crippen LogP contribution in [0.1, 0.15) is 143 Å². The van der Waals surface area contributed by atoms with Crippen molar-refractivity contribution in [3.05, 3.63) is 72.8 Å². The lowest BCUT2D eigenvalue weighted by molar-refractivity contribution is -0.0201. The molecule has 0 aliphatic carbocycles. The van der Waals surface area contributed by atoms with Crippen molar-refractivity contribution < 1.29 is 19.0 Å². The van der Waals surface area contributed by atoms with Gasteiger partial charge >= 0.3 is 0 Å². The average molecular weight is 681 g/mol. The van der Waals surface area contributed by atoms with Gasteiger partial charge in [0.25, 0.3) is 8.32 Å². The predicted octanol–water partition coefficient (Wildman–Crippen LogP) is 10.6. The summed E-state index contributed by atoms with van der Waals surface area (Å²) in [5.74, 6) is 0. The molecule has 0 fully saturated rings. The number of hydrogen-bond donors (Lipinski definition) is 1. The maximum atomic E-state index is 10.2. The first-order valence-electron chi connectivity index (χ1n) is 19.7. The maximum Gasteiger partial charge on any atom is 0.261 e. The Kier molecular flexibility index (Phi) is 23.9. The number of allylic oxidation sites excluding steroid dienone is 2. The molecule has 5 heteroatoms. The Morgan fingerprint density at radius 3 is 1.40 bits per heavy atom. The maximum absolute atomic E-state index is 10.2. The molecule has 48 heavy (non-hydrogen) atoms. The van der Waals surface area contributed by atoms with Gasteiger partial charge in [0.15, 0.2) is 0 Å². The van der Waals surface area contributed by atoms with Crippen molar-refractivity contribution in [2.24, 2.45) is 0 Å². The summed E-state index contributed by atoms with van der Waals surface area (Å²) < 4.78 is 18.4. The van der Waals surface area contributed by atoms with E-state index in [0.717, 1.165) is 45.3 Å². The number of aliphatic hydroxyl groups is 1. The van der Waals surface area contributed by atoms with E-state index in [9.17, 15) is 5.11 Å². The minimum Gasteiger partial charge on any atom is -0.407 e. The van der Waals surface area contributed by atoms with Crippen LogP contribution < -0.4 is 10.4 Å². The summed E-state index contributed by atoms with van der Waals surface area (Å²) in [4.78, 5) is 0. The van der Waals surface area contributed by atoms with Gasteiger partial charge in [-0.1, -0.05) is 171 Å². The second kappa shape index (κ2) is 27.0. The van der Waals surface area contributed by atoms with E-state index in [1.54, 1.807) is 0 Å². The molecule has 0 amide bonds. The number of hydrogen-bond acceptors (Lipinski definition) is 4. The van der Waals surface area contributed by atoms with Crippen molar-refractivity contribution >= 4 is 18.7 Å². The molecule has 0 saturated carbocycles. The van der Waals surface area contributed by atoms with E-state index in [4.69, 9.17) is 13.9 Å². The van der Waals surface area contributed by atoms with E-state index < -0.39 is 14.4 Å². The fourth-order valence-corrected chi connectivity index (χ4v) is 11.2. The summed E-state index contributed by atoms with van der Waals surface area (Å²) in [5.41, 5.74) is 0. The zero-order valence-electron chi connectivity index (χ0n) is 31.4. The van der Waals surface area contributed by atoms with Crippen LogP contribution in [0.5, 0.6) is 0 Å². The highest BCUT2D eigenvalue weighted by Crippen LogP contribution is 2.36. The van der Waals surface area contributed by atoms with Crippen molar-refractivity contribution in [1.29, 1.82) is 0 Å². The summed E-state index contributed by atoms with van der Waals surface area (Å²) in [7, 11) is -2.45. The number of unbranched alkanes of at least 4 members (excludes halogenated alkanes) is 15. The van der Waals surface area contributed by atoms with Crippen LogP contribution in [0.15, 0.2) is 72.8 Å². The topological polar surface area (TPSA) is 47.9 Å². The monoisotopic (exact) mass is 681 g/mol. The Hall–Kier alpha value is -1.76. The fourth-order valence-electron chi connectivity index (χ4n) is 6.59. The van der Waals surface area contributed by atoms with Gasteiger partial charge in [-0.3, -0.25) is 0 Å². The fraction of sp³-hybridized carbons (Fsp3) is 0.674. The second-order valence-corrected chi connectivity index (χ2v) is 19.0. The van der Waals surface area contributed by atoms with E-state index in [-0.39, 0.29) is 5.04 Å². The van der Waals surface area contributed by atoms with E-state index in [0.29, 0.717) is 19.8 Å². The number of benzene rings is 2. The molecule has 4 nitrogen and oxygen atoms in total. The molecule has 1 atom stereocenters. The van der Waals surface area contributed by atoms with E-state index in [1.807, 2.05) is 0 Å². The van der Waals surface area contributed by atoms with Gasteiger partial charge in [0.1, 0.15) is 6.10 Å². The van der Waals surface area contributed by atoms with Crippen LogP contribution in [0.25, 0.3) is 0 Å². The molecule has 0 bridgehead atoms. The molecule has 0 aromatic heterocycles. The predicted molar refractivity (Wildman–Crippen MR) is 209 cm³/mol. The summed E-state index contributed by atoms with van der Waals surface area (Å²) in [5, 5.41) is 12.9. The molecule has 2 rings (SSSR count). The van der Waals surface area contributed by atoms with Gasteiger partial charge < -0.3 is 19.0 Å². The van der Waals surface area contributed by atoms with E-state index >= 15 is 0 Å². The van der Waals surface area contributed by atoms with Gasteiger partial charge in [-0.05, 0) is 60.4 Å². The lowest BCUT2D eigenvalue weighted by atomic mass is 10.1. The molecule has 0 saturated heterocycles. The Bertz CT molecular complexity index is 981. The lowest BCUT2D eigenvalue weighted by Gasteiger charge is -2.43. The molecule has 0 heterocycles. The van der Waals surface area contributed by atoms with Gasteiger partial charge in [0, 0.05) is 19.8 Å². The van der Waals surface area contributed by atoms with Crippen LogP contribution >= 0.6 is 0 Å². The van der Waals surface area contributed by atoms with E-state index in [2.05, 4.69) is 101 Å². The highest BCUT2D eigenvalue weighted by molar-refractivity contribution is 6.99. The van der Waals surface area contributed by atoms with Crippen LogP contribution in [-0.2, 0) is 13.9 Å². The Labute approximate surface area is 297 Å². The molecule has 0 radical (unpaired) electrons. The van der Waals surface area contributed by atoms with Crippen LogP contribution in [0.3, 0.4) is 0 Å². The third-order valence-electron chi connectivity index (χ3n) is 9.34. The normalized spacial score (nSPS) is 13.0. The van der Waals surface area contributed by atoms with Crippen molar-refractivity contribution in [1.82, 2.24) is 0 Å². The third-order valence-corrected chi connectivity index (χ3v) is 14.4. The first kappa shape index (κ1) is 42.4. The van der Waals surface area contributed by atoms with Crippen LogP contribution in [0.4, 0.5) is 0 Å². The molecular formula is C43H72O4Si. The third kappa shape index (κ3) is 17.8. The van der Waals surface area contributed by atoms with E-state index in [1.165, 1.54) is 93.8 Å². The summed E-state index contributed by atoms with van der Waals surface area (Å²) >= 11 is 0. The summed E-state index contributed by atoms with van der Waals surface area (Å²) in [6.45, 7) is 12.2. The van der Waals surface area contributed by atoms with Crippen LogP contribution in [0.2, 0.25) is 5.04 Å². The first-order valence-corrected chi connectivity index (χ1v) is 21.6. The quantitative estimate of drug-likeness (QED) is 0.0507. The smallest absolute Gasteiger partial charge is 0.261 e. The molecule has 272 valence electrons. The minimum absolute atomic E-state index is 0.0119. The largest absolute Gasteiger partial charge is 0.407 e. The van der Waals surface area contributed by atoms with Gasteiger partial charge in [0.05, 0.1) is 13.2 Å². The zero-order valence-corrected chi connectivity index (χ0v) is 32.4. The number of rotatable bonds is 30. The van der Waals surface area contributed by atoms with Gasteiger partial charge in [-0.2, -0.15) is 0 Å². The number of aliphatic hydroxyl groups excluding tert-OH is 1. The van der Waals surface area contributed by atoms with Gasteiger partial charge in [-0.25, -0.2) is 0 Å². The number of ether oxygens (including phenoxy) is 2. The average Bonchev–Trinajstić information content (AvgIpc) is 3.09. The molecular weight excluding hydrogens is 609 g/mol. The molecule has 1 unspecified atom stereocenters. The minimum atomic E-state index is -2.45. The van der Waals surface area contributed by atoms with Gasteiger partial charge in [-0.15, -0.1) is 0 Å². The molecule has 2 aromatic carbocycles. The molecule has 2 aromatic rings.